The first-order valence-corrected chi connectivity index (χ1v) is 6.56. The van der Waals surface area contributed by atoms with Crippen LogP contribution in [0.15, 0.2) is 41.0 Å². The van der Waals surface area contributed by atoms with Crippen LogP contribution >= 0.6 is 15.9 Å². The van der Waals surface area contributed by atoms with E-state index in [0.29, 0.717) is 6.54 Å². The molecule has 0 bridgehead atoms. The number of halogens is 1. The van der Waals surface area contributed by atoms with Gasteiger partial charge in [-0.25, -0.2) is 4.98 Å². The highest BCUT2D eigenvalue weighted by molar-refractivity contribution is 9.10. The average molecular weight is 306 g/mol. The predicted octanol–water partition coefficient (Wildman–Crippen LogP) is 3.38. The molecule has 18 heavy (non-hydrogen) atoms. The second-order valence-corrected chi connectivity index (χ2v) is 5.10. The molecular formula is C14H16BrN3. The molecule has 1 heterocycles. The van der Waals surface area contributed by atoms with E-state index < -0.39 is 0 Å². The average Bonchev–Trinajstić information content (AvgIpc) is 2.38. The molecule has 1 aromatic heterocycles. The van der Waals surface area contributed by atoms with E-state index in [0.717, 1.165) is 27.1 Å². The Kier molecular flexibility index (Phi) is 3.99. The van der Waals surface area contributed by atoms with E-state index in [1.165, 1.54) is 0 Å². The molecule has 2 rings (SSSR count). The van der Waals surface area contributed by atoms with Gasteiger partial charge in [0, 0.05) is 25.5 Å². The van der Waals surface area contributed by atoms with Crippen molar-refractivity contribution >= 4 is 27.4 Å². The maximum Gasteiger partial charge on any atom is 0.147 e. The molecule has 0 amide bonds. The number of hydrogen-bond acceptors (Lipinski definition) is 3. The number of nitrogens with two attached hydrogens (primary N) is 1. The van der Waals surface area contributed by atoms with Crippen LogP contribution in [0, 0.1) is 6.92 Å². The highest BCUT2D eigenvalue weighted by Crippen LogP contribution is 2.29. The fourth-order valence-corrected chi connectivity index (χ4v) is 2.48. The van der Waals surface area contributed by atoms with Gasteiger partial charge >= 0.3 is 0 Å². The normalized spacial score (nSPS) is 10.4. The van der Waals surface area contributed by atoms with E-state index in [1.807, 2.05) is 37.2 Å². The number of benzene rings is 1. The number of anilines is 2. The molecular weight excluding hydrogens is 290 g/mol. The predicted molar refractivity (Wildman–Crippen MR) is 79.1 cm³/mol. The van der Waals surface area contributed by atoms with Crippen molar-refractivity contribution in [3.05, 3.63) is 52.1 Å². The lowest BCUT2D eigenvalue weighted by Gasteiger charge is -2.20. The number of aromatic nitrogens is 1. The minimum absolute atomic E-state index is 0.566. The highest BCUT2D eigenvalue weighted by Gasteiger charge is 2.09. The first-order chi connectivity index (χ1) is 8.61. The molecule has 3 nitrogen and oxygen atoms in total. The van der Waals surface area contributed by atoms with Crippen molar-refractivity contribution in [3.63, 3.8) is 0 Å². The molecule has 0 radical (unpaired) electrons. The van der Waals surface area contributed by atoms with Crippen LogP contribution in [0.25, 0.3) is 0 Å². The van der Waals surface area contributed by atoms with Crippen molar-refractivity contribution in [1.29, 1.82) is 0 Å². The fraction of sp³-hybridized carbons (Fsp3) is 0.214. The van der Waals surface area contributed by atoms with E-state index in [9.17, 15) is 0 Å². The van der Waals surface area contributed by atoms with Crippen molar-refractivity contribution in [2.24, 2.45) is 5.73 Å². The molecule has 1 aromatic carbocycles. The van der Waals surface area contributed by atoms with Gasteiger partial charge < -0.3 is 10.6 Å². The Morgan fingerprint density at radius 1 is 1.28 bits per heavy atom. The third-order valence-electron chi connectivity index (χ3n) is 2.84. The van der Waals surface area contributed by atoms with Crippen molar-refractivity contribution in [2.75, 3.05) is 11.9 Å². The minimum Gasteiger partial charge on any atom is -0.329 e. The van der Waals surface area contributed by atoms with Crippen LogP contribution in [0.4, 0.5) is 11.5 Å². The first-order valence-electron chi connectivity index (χ1n) is 5.76. The number of hydrogen-bond donors (Lipinski definition) is 1. The molecule has 0 spiro atoms. The van der Waals surface area contributed by atoms with Crippen LogP contribution in [0.2, 0.25) is 0 Å². The van der Waals surface area contributed by atoms with E-state index in [-0.39, 0.29) is 0 Å². The summed E-state index contributed by atoms with van der Waals surface area (Å²) in [5.74, 6) is 0.904. The van der Waals surface area contributed by atoms with Gasteiger partial charge in [0.15, 0.2) is 0 Å². The summed E-state index contributed by atoms with van der Waals surface area (Å²) in [5, 5.41) is 0. The molecule has 0 saturated heterocycles. The van der Waals surface area contributed by atoms with E-state index in [4.69, 9.17) is 5.73 Å². The minimum atomic E-state index is 0.566. The molecule has 0 aliphatic rings. The summed E-state index contributed by atoms with van der Waals surface area (Å²) in [6, 6.07) is 10.2. The summed E-state index contributed by atoms with van der Waals surface area (Å²) < 4.78 is 0.993. The zero-order chi connectivity index (χ0) is 13.1. The summed E-state index contributed by atoms with van der Waals surface area (Å²) >= 11 is 3.55. The molecule has 0 unspecified atom stereocenters. The first kappa shape index (κ1) is 13.1. The molecule has 4 heteroatoms. The van der Waals surface area contributed by atoms with E-state index in [1.54, 1.807) is 0 Å². The summed E-state index contributed by atoms with van der Waals surface area (Å²) in [7, 11) is 2.00. The van der Waals surface area contributed by atoms with Crippen LogP contribution in [-0.2, 0) is 6.54 Å². The quantitative estimate of drug-likeness (QED) is 0.945. The zero-order valence-electron chi connectivity index (χ0n) is 10.5. The topological polar surface area (TPSA) is 42.2 Å². The van der Waals surface area contributed by atoms with Crippen LogP contribution < -0.4 is 10.6 Å². The van der Waals surface area contributed by atoms with Gasteiger partial charge in [-0.3, -0.25) is 0 Å². The summed E-state index contributed by atoms with van der Waals surface area (Å²) in [4.78, 5) is 6.50. The number of nitrogens with zero attached hydrogens (tertiary/aromatic N) is 2. The molecule has 0 saturated carbocycles. The van der Waals surface area contributed by atoms with Crippen molar-refractivity contribution < 1.29 is 0 Å². The van der Waals surface area contributed by atoms with Gasteiger partial charge in [0.2, 0.25) is 0 Å². The Labute approximate surface area is 116 Å². The Morgan fingerprint density at radius 3 is 2.50 bits per heavy atom. The van der Waals surface area contributed by atoms with Crippen LogP contribution in [0.3, 0.4) is 0 Å². The molecule has 0 aliphatic carbocycles. The van der Waals surface area contributed by atoms with Gasteiger partial charge in [0.25, 0.3) is 0 Å². The molecule has 2 N–H and O–H groups in total. The lowest BCUT2D eigenvalue weighted by atomic mass is 10.2. The van der Waals surface area contributed by atoms with Gasteiger partial charge in [0.1, 0.15) is 5.82 Å². The molecule has 94 valence electrons. The molecule has 0 atom stereocenters. The monoisotopic (exact) mass is 305 g/mol. The third-order valence-corrected chi connectivity index (χ3v) is 3.42. The maximum absolute atomic E-state index is 5.59. The van der Waals surface area contributed by atoms with E-state index >= 15 is 0 Å². The van der Waals surface area contributed by atoms with Gasteiger partial charge in [-0.05, 0) is 52.2 Å². The Hall–Kier alpha value is -1.39. The van der Waals surface area contributed by atoms with Crippen molar-refractivity contribution in [1.82, 2.24) is 4.98 Å². The Bertz CT molecular complexity index is 537. The SMILES string of the molecule is Cc1cnc(N(C)c2ccc(CN)cc2)c(Br)c1. The summed E-state index contributed by atoms with van der Waals surface area (Å²) in [5.41, 5.74) is 8.95. The van der Waals surface area contributed by atoms with Gasteiger partial charge in [-0.2, -0.15) is 0 Å². The van der Waals surface area contributed by atoms with Crippen LogP contribution in [0.5, 0.6) is 0 Å². The zero-order valence-corrected chi connectivity index (χ0v) is 12.1. The van der Waals surface area contributed by atoms with Gasteiger partial charge in [0.05, 0.1) is 4.47 Å². The maximum atomic E-state index is 5.59. The van der Waals surface area contributed by atoms with E-state index in [2.05, 4.69) is 39.1 Å². The van der Waals surface area contributed by atoms with Crippen molar-refractivity contribution in [3.8, 4) is 0 Å². The van der Waals surface area contributed by atoms with Gasteiger partial charge in [-0.1, -0.05) is 12.1 Å². The van der Waals surface area contributed by atoms with Crippen LogP contribution in [0.1, 0.15) is 11.1 Å². The molecule has 2 aromatic rings. The summed E-state index contributed by atoms with van der Waals surface area (Å²) in [6.07, 6.45) is 1.87. The second kappa shape index (κ2) is 5.50. The van der Waals surface area contributed by atoms with Gasteiger partial charge in [-0.15, -0.1) is 0 Å². The Morgan fingerprint density at radius 2 is 1.94 bits per heavy atom. The lowest BCUT2D eigenvalue weighted by Crippen LogP contribution is -2.12. The highest BCUT2D eigenvalue weighted by atomic mass is 79.9. The largest absolute Gasteiger partial charge is 0.329 e. The Balaban J connectivity index is 2.31. The molecule has 0 aliphatic heterocycles. The fourth-order valence-electron chi connectivity index (χ4n) is 1.75. The smallest absolute Gasteiger partial charge is 0.147 e. The second-order valence-electron chi connectivity index (χ2n) is 4.25. The van der Waals surface area contributed by atoms with Crippen molar-refractivity contribution in [2.45, 2.75) is 13.5 Å². The number of rotatable bonds is 3. The lowest BCUT2D eigenvalue weighted by molar-refractivity contribution is 1.06. The standard InChI is InChI=1S/C14H16BrN3/c1-10-7-13(15)14(17-9-10)18(2)12-5-3-11(8-16)4-6-12/h3-7,9H,8,16H2,1-2H3. The van der Waals surface area contributed by atoms with Crippen LogP contribution in [-0.4, -0.2) is 12.0 Å². The number of pyridine rings is 1. The third kappa shape index (κ3) is 2.71. The summed E-state index contributed by atoms with van der Waals surface area (Å²) in [6.45, 7) is 2.59. The molecule has 0 fully saturated rings. The number of aryl methyl sites for hydroxylation is 1.